The van der Waals surface area contributed by atoms with Gasteiger partial charge in [0, 0.05) is 31.0 Å². The molecule has 2 aromatic heterocycles. The lowest BCUT2D eigenvalue weighted by Crippen LogP contribution is -2.24. The number of benzene rings is 1. The van der Waals surface area contributed by atoms with Gasteiger partial charge in [0.2, 0.25) is 0 Å². The molecule has 1 aliphatic heterocycles. The molecule has 5 nitrogen and oxygen atoms in total. The third-order valence-electron chi connectivity index (χ3n) is 4.97. The molecule has 1 fully saturated rings. The molecule has 1 N–H and O–H groups in total. The Balaban J connectivity index is 1.61. The van der Waals surface area contributed by atoms with Gasteiger partial charge in [0.25, 0.3) is 0 Å². The molecule has 0 bridgehead atoms. The van der Waals surface area contributed by atoms with Gasteiger partial charge in [-0.25, -0.2) is 4.98 Å². The molecule has 25 heavy (non-hydrogen) atoms. The number of aliphatic hydroxyl groups excluding tert-OH is 1. The maximum absolute atomic E-state index is 10.2. The molecule has 130 valence electrons. The topological polar surface area (TPSA) is 50.0 Å². The maximum atomic E-state index is 10.2. The van der Waals surface area contributed by atoms with E-state index in [1.807, 2.05) is 24.3 Å². The molecule has 2 atom stereocenters. The van der Waals surface area contributed by atoms with Gasteiger partial charge in [0.05, 0.1) is 18.9 Å². The first-order valence-corrected chi connectivity index (χ1v) is 8.63. The fourth-order valence-corrected chi connectivity index (χ4v) is 3.73. The molecular weight excluding hydrogens is 314 g/mol. The Morgan fingerprint density at radius 2 is 2.08 bits per heavy atom. The number of pyridine rings is 1. The molecule has 3 aromatic rings. The van der Waals surface area contributed by atoms with Crippen molar-refractivity contribution in [1.29, 1.82) is 0 Å². The standard InChI is InChI=1S/C20H23N3O2/c1-14-5-3-8-20-21-16(12-23(14)20)11-22-13-17(24)10-19(22)15-6-4-7-18(9-15)25-2/h3-9,12,17,19,24H,10-11,13H2,1-2H3/t17-,19-/m1/s1. The summed E-state index contributed by atoms with van der Waals surface area (Å²) in [6.07, 6.45) is 2.52. The van der Waals surface area contributed by atoms with Crippen molar-refractivity contribution in [3.63, 3.8) is 0 Å². The van der Waals surface area contributed by atoms with Gasteiger partial charge in [-0.1, -0.05) is 18.2 Å². The van der Waals surface area contributed by atoms with Crippen LogP contribution in [-0.2, 0) is 6.54 Å². The number of aromatic nitrogens is 2. The molecule has 0 spiro atoms. The van der Waals surface area contributed by atoms with E-state index in [1.54, 1.807) is 7.11 Å². The molecule has 3 heterocycles. The van der Waals surface area contributed by atoms with Crippen LogP contribution >= 0.6 is 0 Å². The molecule has 1 aromatic carbocycles. The average molecular weight is 337 g/mol. The first-order chi connectivity index (χ1) is 12.1. The smallest absolute Gasteiger partial charge is 0.137 e. The second-order valence-corrected chi connectivity index (χ2v) is 6.74. The Bertz CT molecular complexity index is 890. The predicted octanol–water partition coefficient (Wildman–Crippen LogP) is 2.96. The molecule has 4 rings (SSSR count). The van der Waals surface area contributed by atoms with Crippen molar-refractivity contribution >= 4 is 5.65 Å². The predicted molar refractivity (Wildman–Crippen MR) is 96.7 cm³/mol. The lowest BCUT2D eigenvalue weighted by atomic mass is 10.0. The van der Waals surface area contributed by atoms with E-state index in [4.69, 9.17) is 9.72 Å². The Hall–Kier alpha value is -2.37. The van der Waals surface area contributed by atoms with Crippen LogP contribution in [0.5, 0.6) is 5.75 Å². The van der Waals surface area contributed by atoms with E-state index in [-0.39, 0.29) is 12.1 Å². The highest BCUT2D eigenvalue weighted by molar-refractivity contribution is 5.41. The summed E-state index contributed by atoms with van der Waals surface area (Å²) < 4.78 is 7.46. The monoisotopic (exact) mass is 337 g/mol. The van der Waals surface area contributed by atoms with Crippen molar-refractivity contribution < 1.29 is 9.84 Å². The number of fused-ring (bicyclic) bond motifs is 1. The molecule has 1 saturated heterocycles. The van der Waals surface area contributed by atoms with Crippen molar-refractivity contribution in [1.82, 2.24) is 14.3 Å². The first-order valence-electron chi connectivity index (χ1n) is 8.63. The third-order valence-corrected chi connectivity index (χ3v) is 4.97. The van der Waals surface area contributed by atoms with E-state index < -0.39 is 0 Å². The van der Waals surface area contributed by atoms with E-state index in [9.17, 15) is 5.11 Å². The van der Waals surface area contributed by atoms with E-state index >= 15 is 0 Å². The summed E-state index contributed by atoms with van der Waals surface area (Å²) in [7, 11) is 1.68. The van der Waals surface area contributed by atoms with E-state index in [0.717, 1.165) is 30.1 Å². The zero-order valence-electron chi connectivity index (χ0n) is 14.6. The minimum atomic E-state index is -0.310. The van der Waals surface area contributed by atoms with Gasteiger partial charge in [-0.15, -0.1) is 0 Å². The van der Waals surface area contributed by atoms with E-state index in [2.05, 4.69) is 40.6 Å². The first kappa shape index (κ1) is 16.1. The van der Waals surface area contributed by atoms with Crippen molar-refractivity contribution in [3.05, 3.63) is 65.6 Å². The van der Waals surface area contributed by atoms with Crippen LogP contribution in [0.3, 0.4) is 0 Å². The number of rotatable bonds is 4. The fourth-order valence-electron chi connectivity index (χ4n) is 3.73. The van der Waals surface area contributed by atoms with Crippen LogP contribution in [0.15, 0.2) is 48.7 Å². The van der Waals surface area contributed by atoms with Gasteiger partial charge in [-0.3, -0.25) is 4.90 Å². The summed E-state index contributed by atoms with van der Waals surface area (Å²) in [5.74, 6) is 0.849. The van der Waals surface area contributed by atoms with E-state index in [1.165, 1.54) is 11.3 Å². The number of aryl methyl sites for hydroxylation is 1. The number of methoxy groups -OCH3 is 1. The van der Waals surface area contributed by atoms with Gasteiger partial charge < -0.3 is 14.2 Å². The minimum absolute atomic E-state index is 0.177. The van der Waals surface area contributed by atoms with Gasteiger partial charge in [-0.2, -0.15) is 0 Å². The van der Waals surface area contributed by atoms with Crippen LogP contribution in [-0.4, -0.2) is 39.1 Å². The third kappa shape index (κ3) is 3.13. The summed E-state index contributed by atoms with van der Waals surface area (Å²) in [6.45, 7) is 3.46. The largest absolute Gasteiger partial charge is 0.497 e. The summed E-state index contributed by atoms with van der Waals surface area (Å²) in [5.41, 5.74) is 4.34. The van der Waals surface area contributed by atoms with Crippen molar-refractivity contribution in [3.8, 4) is 5.75 Å². The van der Waals surface area contributed by atoms with Crippen molar-refractivity contribution in [2.75, 3.05) is 13.7 Å². The Morgan fingerprint density at radius 1 is 1.24 bits per heavy atom. The fraction of sp³-hybridized carbons (Fsp3) is 0.350. The number of nitrogens with zero attached hydrogens (tertiary/aromatic N) is 3. The number of hydrogen-bond donors (Lipinski definition) is 1. The summed E-state index contributed by atoms with van der Waals surface area (Å²) in [4.78, 5) is 7.04. The van der Waals surface area contributed by atoms with Gasteiger partial charge in [0.15, 0.2) is 0 Å². The number of ether oxygens (including phenoxy) is 1. The Morgan fingerprint density at radius 3 is 2.88 bits per heavy atom. The quantitative estimate of drug-likeness (QED) is 0.795. The van der Waals surface area contributed by atoms with Crippen molar-refractivity contribution in [2.24, 2.45) is 0 Å². The maximum Gasteiger partial charge on any atom is 0.137 e. The SMILES string of the molecule is COc1cccc([C@H]2C[C@@H](O)CN2Cc2cn3c(C)cccc3n2)c1. The molecular formula is C20H23N3O2. The van der Waals surface area contributed by atoms with Gasteiger partial charge in [-0.05, 0) is 43.2 Å². The molecule has 0 unspecified atom stereocenters. The summed E-state index contributed by atoms with van der Waals surface area (Å²) in [6, 6.07) is 14.4. The van der Waals surface area contributed by atoms with Crippen LogP contribution in [0.1, 0.15) is 29.4 Å². The highest BCUT2D eigenvalue weighted by Gasteiger charge is 2.32. The molecule has 0 aliphatic carbocycles. The lowest BCUT2D eigenvalue weighted by molar-refractivity contribution is 0.172. The molecule has 0 radical (unpaired) electrons. The van der Waals surface area contributed by atoms with Gasteiger partial charge in [0.1, 0.15) is 11.4 Å². The summed E-state index contributed by atoms with van der Waals surface area (Å²) >= 11 is 0. The second-order valence-electron chi connectivity index (χ2n) is 6.74. The second kappa shape index (κ2) is 6.50. The molecule has 0 saturated carbocycles. The van der Waals surface area contributed by atoms with Crippen LogP contribution in [0.4, 0.5) is 0 Å². The average Bonchev–Trinajstić information content (AvgIpc) is 3.19. The van der Waals surface area contributed by atoms with E-state index in [0.29, 0.717) is 6.54 Å². The number of aliphatic hydroxyl groups is 1. The van der Waals surface area contributed by atoms with Crippen LogP contribution in [0, 0.1) is 6.92 Å². The zero-order valence-corrected chi connectivity index (χ0v) is 14.6. The molecule has 1 aliphatic rings. The minimum Gasteiger partial charge on any atom is -0.497 e. The normalized spacial score (nSPS) is 21.1. The van der Waals surface area contributed by atoms with Crippen molar-refractivity contribution in [2.45, 2.75) is 32.0 Å². The Labute approximate surface area is 147 Å². The highest BCUT2D eigenvalue weighted by Crippen LogP contribution is 2.34. The number of β-amino-alcohol motifs (C(OH)–C–C–N with tert-alkyl or cyclic N) is 1. The highest BCUT2D eigenvalue weighted by atomic mass is 16.5. The van der Waals surface area contributed by atoms with Crippen LogP contribution < -0.4 is 4.74 Å². The van der Waals surface area contributed by atoms with Gasteiger partial charge >= 0.3 is 0 Å². The molecule has 0 amide bonds. The Kier molecular flexibility index (Phi) is 4.19. The molecule has 5 heteroatoms. The lowest BCUT2D eigenvalue weighted by Gasteiger charge is -2.23. The van der Waals surface area contributed by atoms with Crippen LogP contribution in [0.25, 0.3) is 5.65 Å². The zero-order chi connectivity index (χ0) is 17.4. The number of hydrogen-bond acceptors (Lipinski definition) is 4. The van der Waals surface area contributed by atoms with Crippen LogP contribution in [0.2, 0.25) is 0 Å². The summed E-state index contributed by atoms with van der Waals surface area (Å²) in [5, 5.41) is 10.2. The number of imidazole rings is 1. The number of likely N-dealkylation sites (tertiary alicyclic amines) is 1.